The highest BCUT2D eigenvalue weighted by molar-refractivity contribution is 6.34. The Morgan fingerprint density at radius 2 is 1.97 bits per heavy atom. The van der Waals surface area contributed by atoms with E-state index in [-0.39, 0.29) is 22.4 Å². The molecule has 3 aromatic rings. The predicted octanol–water partition coefficient (Wildman–Crippen LogP) is 5.06. The molecule has 1 N–H and O–H groups in total. The van der Waals surface area contributed by atoms with Crippen molar-refractivity contribution >= 4 is 28.9 Å². The number of nitrogens with one attached hydrogen (secondary N) is 1. The summed E-state index contributed by atoms with van der Waals surface area (Å²) in [5.41, 5.74) is 1.34. The first kappa shape index (κ1) is 20.5. The van der Waals surface area contributed by atoms with E-state index in [1.165, 1.54) is 67.1 Å². The monoisotopic (exact) mass is 427 g/mol. The van der Waals surface area contributed by atoms with Gasteiger partial charge in [-0.3, -0.25) is 14.0 Å². The van der Waals surface area contributed by atoms with Crippen molar-refractivity contribution in [1.82, 2.24) is 14.7 Å². The molecule has 0 spiro atoms. The van der Waals surface area contributed by atoms with E-state index in [2.05, 4.69) is 10.3 Å². The van der Waals surface area contributed by atoms with Crippen LogP contribution in [0.25, 0.3) is 5.65 Å². The summed E-state index contributed by atoms with van der Waals surface area (Å²) in [6.07, 6.45) is 9.93. The molecule has 0 saturated heterocycles. The van der Waals surface area contributed by atoms with E-state index in [0.29, 0.717) is 29.2 Å². The van der Waals surface area contributed by atoms with Crippen LogP contribution in [0, 0.1) is 11.7 Å². The fourth-order valence-corrected chi connectivity index (χ4v) is 4.34. The van der Waals surface area contributed by atoms with Crippen LogP contribution in [0.15, 0.2) is 42.7 Å². The Morgan fingerprint density at radius 1 is 1.17 bits per heavy atom. The third-order valence-corrected chi connectivity index (χ3v) is 6.05. The lowest BCUT2D eigenvalue weighted by Gasteiger charge is -2.21. The summed E-state index contributed by atoms with van der Waals surface area (Å²) in [4.78, 5) is 29.5. The number of benzene rings is 1. The number of imidazole rings is 1. The number of aromatic nitrogens is 2. The Kier molecular flexibility index (Phi) is 6.13. The highest BCUT2D eigenvalue weighted by Crippen LogP contribution is 2.26. The molecule has 2 aromatic heterocycles. The molecule has 1 aliphatic carbocycles. The number of ketones is 1. The topological polar surface area (TPSA) is 63.5 Å². The van der Waals surface area contributed by atoms with Crippen molar-refractivity contribution in [2.75, 3.05) is 6.54 Å². The summed E-state index contributed by atoms with van der Waals surface area (Å²) in [5, 5.41) is 3.13. The summed E-state index contributed by atoms with van der Waals surface area (Å²) in [6, 6.07) is 7.37. The smallest absolute Gasteiger partial charge is 0.252 e. The van der Waals surface area contributed by atoms with Gasteiger partial charge in [0.05, 0.1) is 16.8 Å². The molecule has 2 heterocycles. The number of halogens is 2. The Balaban J connectivity index is 1.45. The maximum absolute atomic E-state index is 13.6. The first-order valence-electron chi connectivity index (χ1n) is 10.3. The van der Waals surface area contributed by atoms with Gasteiger partial charge in [0.25, 0.3) is 5.91 Å². The lowest BCUT2D eigenvalue weighted by Crippen LogP contribution is -2.26. The molecule has 156 valence electrons. The molecule has 1 saturated carbocycles. The molecular formula is C23H23ClFN3O2. The lowest BCUT2D eigenvalue weighted by molar-refractivity contribution is 0.0949. The number of fused-ring (bicyclic) bond motifs is 1. The number of hydrogen-bond donors (Lipinski definition) is 1. The van der Waals surface area contributed by atoms with Crippen molar-refractivity contribution in [3.8, 4) is 0 Å². The van der Waals surface area contributed by atoms with E-state index < -0.39 is 5.82 Å². The zero-order valence-electron chi connectivity index (χ0n) is 16.5. The Labute approximate surface area is 179 Å². The van der Waals surface area contributed by atoms with Crippen LogP contribution in [0.1, 0.15) is 64.9 Å². The van der Waals surface area contributed by atoms with Crippen molar-refractivity contribution < 1.29 is 14.0 Å². The van der Waals surface area contributed by atoms with Gasteiger partial charge in [-0.05, 0) is 36.6 Å². The minimum absolute atomic E-state index is 0.205. The normalized spacial score (nSPS) is 14.7. The molecule has 1 fully saturated rings. The van der Waals surface area contributed by atoms with Crippen molar-refractivity contribution in [1.29, 1.82) is 0 Å². The van der Waals surface area contributed by atoms with Gasteiger partial charge < -0.3 is 5.32 Å². The van der Waals surface area contributed by atoms with Crippen LogP contribution >= 0.6 is 11.6 Å². The van der Waals surface area contributed by atoms with Crippen molar-refractivity contribution in [3.63, 3.8) is 0 Å². The van der Waals surface area contributed by atoms with E-state index in [1.54, 1.807) is 12.1 Å². The fourth-order valence-electron chi connectivity index (χ4n) is 4.07. The highest BCUT2D eigenvalue weighted by Gasteiger charge is 2.19. The molecule has 5 nitrogen and oxygen atoms in total. The first-order chi connectivity index (χ1) is 14.5. The van der Waals surface area contributed by atoms with Gasteiger partial charge in [0.15, 0.2) is 0 Å². The molecule has 1 amide bonds. The summed E-state index contributed by atoms with van der Waals surface area (Å²) >= 11 is 6.31. The summed E-state index contributed by atoms with van der Waals surface area (Å²) < 4.78 is 15.0. The Morgan fingerprint density at radius 3 is 2.73 bits per heavy atom. The lowest BCUT2D eigenvalue weighted by atomic mass is 9.87. The van der Waals surface area contributed by atoms with Gasteiger partial charge >= 0.3 is 0 Å². The minimum atomic E-state index is -0.465. The number of amides is 1. The van der Waals surface area contributed by atoms with Crippen LogP contribution in [-0.2, 0) is 0 Å². The molecule has 30 heavy (non-hydrogen) atoms. The molecule has 0 radical (unpaired) electrons. The van der Waals surface area contributed by atoms with E-state index in [9.17, 15) is 14.0 Å². The van der Waals surface area contributed by atoms with Gasteiger partial charge in [-0.25, -0.2) is 9.37 Å². The standard InChI is InChI=1S/C23H23ClFN3O2/c24-19-12-16(22(29)20-13-27-21-9-7-17(25)14-28(20)21)6-8-18(19)23(30)26-11-10-15-4-2-1-3-5-15/h6-9,12-15H,1-5,10-11H2,(H,26,30). The van der Waals surface area contributed by atoms with Gasteiger partial charge in [0.1, 0.15) is 17.2 Å². The molecule has 1 aliphatic rings. The molecule has 0 atom stereocenters. The number of carbonyl (C=O) groups excluding carboxylic acids is 2. The van der Waals surface area contributed by atoms with E-state index in [4.69, 9.17) is 11.6 Å². The number of rotatable bonds is 6. The van der Waals surface area contributed by atoms with Gasteiger partial charge in [0.2, 0.25) is 5.78 Å². The quantitative estimate of drug-likeness (QED) is 0.559. The second-order valence-electron chi connectivity index (χ2n) is 7.79. The van der Waals surface area contributed by atoms with Crippen LogP contribution < -0.4 is 5.32 Å². The third-order valence-electron chi connectivity index (χ3n) is 5.74. The van der Waals surface area contributed by atoms with Crippen molar-refractivity contribution in [2.24, 2.45) is 5.92 Å². The molecule has 0 aliphatic heterocycles. The van der Waals surface area contributed by atoms with Gasteiger partial charge in [-0.1, -0.05) is 49.8 Å². The van der Waals surface area contributed by atoms with Crippen LogP contribution in [-0.4, -0.2) is 27.6 Å². The molecule has 4 rings (SSSR count). The van der Waals surface area contributed by atoms with E-state index >= 15 is 0 Å². The SMILES string of the molecule is O=C(NCCC1CCCCC1)c1ccc(C(=O)c2cnc3ccc(F)cn23)cc1Cl. The van der Waals surface area contributed by atoms with Crippen LogP contribution in [0.2, 0.25) is 5.02 Å². The molecule has 0 bridgehead atoms. The molecule has 1 aromatic carbocycles. The van der Waals surface area contributed by atoms with Gasteiger partial charge in [-0.2, -0.15) is 0 Å². The Bertz CT molecular complexity index is 1090. The van der Waals surface area contributed by atoms with E-state index in [1.807, 2.05) is 0 Å². The third kappa shape index (κ3) is 4.38. The summed E-state index contributed by atoms with van der Waals surface area (Å²) in [5.74, 6) is -0.372. The van der Waals surface area contributed by atoms with Crippen LogP contribution in [0.3, 0.4) is 0 Å². The van der Waals surface area contributed by atoms with Crippen LogP contribution in [0.4, 0.5) is 4.39 Å². The zero-order valence-corrected chi connectivity index (χ0v) is 17.3. The average molecular weight is 428 g/mol. The molecule has 7 heteroatoms. The molecular weight excluding hydrogens is 405 g/mol. The average Bonchev–Trinajstić information content (AvgIpc) is 3.16. The number of hydrogen-bond acceptors (Lipinski definition) is 3. The first-order valence-corrected chi connectivity index (χ1v) is 10.7. The largest absolute Gasteiger partial charge is 0.352 e. The van der Waals surface area contributed by atoms with Crippen molar-refractivity contribution in [3.05, 3.63) is 70.4 Å². The zero-order chi connectivity index (χ0) is 21.1. The molecule has 0 unspecified atom stereocenters. The Hall–Kier alpha value is -2.73. The van der Waals surface area contributed by atoms with Crippen molar-refractivity contribution in [2.45, 2.75) is 38.5 Å². The number of nitrogens with zero attached hydrogens (tertiary/aromatic N) is 2. The number of carbonyl (C=O) groups is 2. The highest BCUT2D eigenvalue weighted by atomic mass is 35.5. The van der Waals surface area contributed by atoms with E-state index in [0.717, 1.165) is 6.42 Å². The predicted molar refractivity (Wildman–Crippen MR) is 114 cm³/mol. The maximum atomic E-state index is 13.6. The summed E-state index contributed by atoms with van der Waals surface area (Å²) in [6.45, 7) is 0.619. The van der Waals surface area contributed by atoms with Gasteiger partial charge in [-0.15, -0.1) is 0 Å². The fraction of sp³-hybridized carbons (Fsp3) is 0.348. The summed E-state index contributed by atoms with van der Waals surface area (Å²) in [7, 11) is 0. The minimum Gasteiger partial charge on any atom is -0.352 e. The number of pyridine rings is 1. The van der Waals surface area contributed by atoms with Gasteiger partial charge in [0, 0.05) is 18.3 Å². The van der Waals surface area contributed by atoms with Crippen LogP contribution in [0.5, 0.6) is 0 Å². The second-order valence-corrected chi connectivity index (χ2v) is 8.20. The second kappa shape index (κ2) is 8.96. The maximum Gasteiger partial charge on any atom is 0.252 e.